The van der Waals surface area contributed by atoms with Gasteiger partial charge in [0.25, 0.3) is 0 Å². The minimum Gasteiger partial charge on any atom is -0.382 e. The first-order chi connectivity index (χ1) is 10.1. The second-order valence-corrected chi connectivity index (χ2v) is 5.50. The van der Waals surface area contributed by atoms with Crippen molar-refractivity contribution in [2.75, 3.05) is 35.7 Å². The fourth-order valence-corrected chi connectivity index (χ4v) is 3.01. The van der Waals surface area contributed by atoms with Gasteiger partial charge < -0.3 is 21.3 Å². The lowest BCUT2D eigenvalue weighted by Gasteiger charge is -2.27. The highest BCUT2D eigenvalue weighted by atomic mass is 15.4. The van der Waals surface area contributed by atoms with Crippen LogP contribution in [0.3, 0.4) is 0 Å². The molecular formula is C15H22N6. The minimum absolute atomic E-state index is 0.245. The van der Waals surface area contributed by atoms with Crippen molar-refractivity contribution in [1.29, 1.82) is 0 Å². The fraction of sp³-hybridized carbons (Fsp3) is 0.467. The summed E-state index contributed by atoms with van der Waals surface area (Å²) < 4.78 is 0. The summed E-state index contributed by atoms with van der Waals surface area (Å²) in [5.41, 5.74) is 15.7. The second-order valence-electron chi connectivity index (χ2n) is 5.50. The Morgan fingerprint density at radius 1 is 1.29 bits per heavy atom. The van der Waals surface area contributed by atoms with Crippen molar-refractivity contribution in [3.8, 4) is 0 Å². The molecule has 0 radical (unpaired) electrons. The Bertz CT molecular complexity index is 656. The summed E-state index contributed by atoms with van der Waals surface area (Å²) in [5.74, 6) is 0.571. The number of hydrogen-bond donors (Lipinski definition) is 2. The number of aromatic nitrogens is 2. The average molecular weight is 286 g/mol. The summed E-state index contributed by atoms with van der Waals surface area (Å²) in [5, 5.41) is 0. The molecule has 0 saturated carbocycles. The summed E-state index contributed by atoms with van der Waals surface area (Å²) in [6, 6.07) is 3.85. The molecule has 6 heteroatoms. The van der Waals surface area contributed by atoms with Gasteiger partial charge in [-0.1, -0.05) is 0 Å². The third kappa shape index (κ3) is 2.15. The highest BCUT2D eigenvalue weighted by Crippen LogP contribution is 2.45. The van der Waals surface area contributed by atoms with E-state index in [9.17, 15) is 0 Å². The van der Waals surface area contributed by atoms with Crippen molar-refractivity contribution in [3.63, 3.8) is 0 Å². The number of nitrogen functional groups attached to an aromatic ring is 1. The monoisotopic (exact) mass is 286 g/mol. The largest absolute Gasteiger partial charge is 0.382 e. The molecule has 1 aliphatic heterocycles. The number of unbranched alkanes of at least 4 members (excludes halogenated alkanes) is 1. The summed E-state index contributed by atoms with van der Waals surface area (Å²) in [4.78, 5) is 13.6. The molecule has 0 spiro atoms. The molecule has 1 unspecified atom stereocenters. The summed E-state index contributed by atoms with van der Waals surface area (Å²) >= 11 is 0. The zero-order valence-electron chi connectivity index (χ0n) is 12.6. The molecule has 0 saturated heterocycles. The van der Waals surface area contributed by atoms with E-state index in [0.717, 1.165) is 48.3 Å². The van der Waals surface area contributed by atoms with Gasteiger partial charge >= 0.3 is 0 Å². The van der Waals surface area contributed by atoms with Crippen molar-refractivity contribution in [2.24, 2.45) is 5.73 Å². The molecule has 6 nitrogen and oxygen atoms in total. The molecule has 4 N–H and O–H groups in total. The van der Waals surface area contributed by atoms with Crippen molar-refractivity contribution in [1.82, 2.24) is 9.97 Å². The van der Waals surface area contributed by atoms with E-state index in [-0.39, 0.29) is 6.17 Å². The zero-order chi connectivity index (χ0) is 15.0. The predicted octanol–water partition coefficient (Wildman–Crippen LogP) is 1.55. The van der Waals surface area contributed by atoms with Gasteiger partial charge in [0.1, 0.15) is 17.0 Å². The van der Waals surface area contributed by atoms with Gasteiger partial charge in [0.2, 0.25) is 0 Å². The first-order valence-electron chi connectivity index (χ1n) is 7.39. The van der Waals surface area contributed by atoms with Gasteiger partial charge in [-0.2, -0.15) is 0 Å². The molecule has 2 aromatic rings. The molecule has 0 aliphatic carbocycles. The Labute approximate surface area is 124 Å². The van der Waals surface area contributed by atoms with Crippen LogP contribution in [-0.4, -0.2) is 36.3 Å². The third-order valence-corrected chi connectivity index (χ3v) is 4.22. The van der Waals surface area contributed by atoms with Gasteiger partial charge in [0.05, 0.1) is 17.4 Å². The van der Waals surface area contributed by atoms with Crippen molar-refractivity contribution in [2.45, 2.75) is 25.9 Å². The number of fused-ring (bicyclic) bond motifs is 3. The summed E-state index contributed by atoms with van der Waals surface area (Å²) in [7, 11) is 2.05. The van der Waals surface area contributed by atoms with Crippen molar-refractivity contribution >= 4 is 28.2 Å². The first-order valence-corrected chi connectivity index (χ1v) is 7.39. The highest BCUT2D eigenvalue weighted by molar-refractivity contribution is 6.02. The topological polar surface area (TPSA) is 84.3 Å². The van der Waals surface area contributed by atoms with Crippen LogP contribution >= 0.6 is 0 Å². The Hall–Kier alpha value is -2.08. The SMILES string of the molecule is CC1N(C)c2c(N)nc3cccnc3c2N1CCCCN. The normalized spacial score (nSPS) is 17.6. The molecule has 21 heavy (non-hydrogen) atoms. The van der Waals surface area contributed by atoms with Crippen LogP contribution in [0.15, 0.2) is 18.3 Å². The van der Waals surface area contributed by atoms with Crippen LogP contribution in [0.2, 0.25) is 0 Å². The third-order valence-electron chi connectivity index (χ3n) is 4.22. The lowest BCUT2D eigenvalue weighted by molar-refractivity contribution is 0.622. The number of hydrogen-bond acceptors (Lipinski definition) is 6. The van der Waals surface area contributed by atoms with E-state index in [4.69, 9.17) is 11.5 Å². The second kappa shape index (κ2) is 5.37. The Morgan fingerprint density at radius 2 is 2.10 bits per heavy atom. The van der Waals surface area contributed by atoms with Crippen LogP contribution < -0.4 is 21.3 Å². The minimum atomic E-state index is 0.245. The van der Waals surface area contributed by atoms with Crippen LogP contribution in [0, 0.1) is 0 Å². The predicted molar refractivity (Wildman–Crippen MR) is 87.4 cm³/mol. The van der Waals surface area contributed by atoms with Gasteiger partial charge in [-0.3, -0.25) is 4.98 Å². The molecule has 0 amide bonds. The Balaban J connectivity index is 2.12. The van der Waals surface area contributed by atoms with Crippen LogP contribution in [0.25, 0.3) is 11.0 Å². The smallest absolute Gasteiger partial charge is 0.150 e. The van der Waals surface area contributed by atoms with Gasteiger partial charge in [-0.25, -0.2) is 4.98 Å². The summed E-state index contributed by atoms with van der Waals surface area (Å²) in [6.45, 7) is 3.85. The van der Waals surface area contributed by atoms with E-state index in [2.05, 4.69) is 33.7 Å². The fourth-order valence-electron chi connectivity index (χ4n) is 3.01. The van der Waals surface area contributed by atoms with Crippen LogP contribution in [0.4, 0.5) is 17.2 Å². The van der Waals surface area contributed by atoms with E-state index in [1.165, 1.54) is 0 Å². The Kier molecular flexibility index (Phi) is 3.55. The Morgan fingerprint density at radius 3 is 2.86 bits per heavy atom. The molecule has 2 aromatic heterocycles. The lowest BCUT2D eigenvalue weighted by atomic mass is 10.2. The number of nitrogens with two attached hydrogens (primary N) is 2. The molecule has 3 heterocycles. The van der Waals surface area contributed by atoms with E-state index in [1.807, 2.05) is 18.3 Å². The van der Waals surface area contributed by atoms with E-state index in [1.54, 1.807) is 0 Å². The molecule has 0 aromatic carbocycles. The van der Waals surface area contributed by atoms with Crippen LogP contribution in [-0.2, 0) is 0 Å². The summed E-state index contributed by atoms with van der Waals surface area (Å²) in [6.07, 6.45) is 4.13. The van der Waals surface area contributed by atoms with Crippen LogP contribution in [0.1, 0.15) is 19.8 Å². The molecule has 0 fully saturated rings. The van der Waals surface area contributed by atoms with Crippen LogP contribution in [0.5, 0.6) is 0 Å². The van der Waals surface area contributed by atoms with E-state index >= 15 is 0 Å². The van der Waals surface area contributed by atoms with Gasteiger partial charge in [-0.15, -0.1) is 0 Å². The molecule has 1 atom stereocenters. The molecule has 0 bridgehead atoms. The van der Waals surface area contributed by atoms with Gasteiger partial charge in [0.15, 0.2) is 0 Å². The maximum absolute atomic E-state index is 6.18. The number of anilines is 3. The molecule has 112 valence electrons. The van der Waals surface area contributed by atoms with Gasteiger partial charge in [-0.05, 0) is 38.4 Å². The van der Waals surface area contributed by atoms with E-state index < -0.39 is 0 Å². The average Bonchev–Trinajstić information content (AvgIpc) is 2.73. The van der Waals surface area contributed by atoms with Crippen molar-refractivity contribution in [3.05, 3.63) is 18.3 Å². The maximum Gasteiger partial charge on any atom is 0.150 e. The quantitative estimate of drug-likeness (QED) is 0.830. The zero-order valence-corrected chi connectivity index (χ0v) is 12.6. The molecule has 1 aliphatic rings. The highest BCUT2D eigenvalue weighted by Gasteiger charge is 2.34. The first kappa shape index (κ1) is 13.9. The molecular weight excluding hydrogens is 264 g/mol. The molecule has 3 rings (SSSR count). The number of pyridine rings is 2. The van der Waals surface area contributed by atoms with Gasteiger partial charge in [0, 0.05) is 19.8 Å². The maximum atomic E-state index is 6.18. The van der Waals surface area contributed by atoms with Crippen molar-refractivity contribution < 1.29 is 0 Å². The lowest BCUT2D eigenvalue weighted by Crippen LogP contribution is -2.39. The number of nitrogens with zero attached hydrogens (tertiary/aromatic N) is 4. The standard InChI is InChI=1S/C15H22N6/c1-10-20(2)14-13(21(10)9-4-3-7-16)12-11(19-15(14)17)6-5-8-18-12/h5-6,8,10H,3-4,7,9,16H2,1-2H3,(H2,17,19). The van der Waals surface area contributed by atoms with E-state index in [0.29, 0.717) is 5.82 Å². The number of rotatable bonds is 4.